The Morgan fingerprint density at radius 2 is 2.05 bits per heavy atom. The smallest absolute Gasteiger partial charge is 0.0868 e. The third kappa shape index (κ3) is 6.59. The molecule has 4 nitrogen and oxygen atoms in total. The molecule has 0 saturated carbocycles. The van der Waals surface area contributed by atoms with E-state index >= 15 is 0 Å². The fourth-order valence-electron chi connectivity index (χ4n) is 1.51. The van der Waals surface area contributed by atoms with Crippen molar-refractivity contribution in [3.05, 3.63) is 40.9 Å². The SMILES string of the molecule is COCCCC=C(NOCCN)c1ccc(Cl)cc1. The van der Waals surface area contributed by atoms with Crippen LogP contribution in [0.1, 0.15) is 18.4 Å². The molecule has 0 aliphatic rings. The van der Waals surface area contributed by atoms with E-state index in [2.05, 4.69) is 11.6 Å². The first kappa shape index (κ1) is 16.0. The van der Waals surface area contributed by atoms with E-state index in [4.69, 9.17) is 26.9 Å². The first-order valence-corrected chi connectivity index (χ1v) is 6.68. The van der Waals surface area contributed by atoms with Gasteiger partial charge in [0, 0.05) is 25.3 Å². The van der Waals surface area contributed by atoms with E-state index in [0.29, 0.717) is 18.2 Å². The van der Waals surface area contributed by atoms with Gasteiger partial charge in [-0.2, -0.15) is 0 Å². The molecule has 0 aliphatic carbocycles. The summed E-state index contributed by atoms with van der Waals surface area (Å²) in [5, 5.41) is 0.713. The summed E-state index contributed by atoms with van der Waals surface area (Å²) in [6, 6.07) is 7.60. The zero-order valence-corrected chi connectivity index (χ0v) is 12.0. The highest BCUT2D eigenvalue weighted by Gasteiger charge is 2.01. The Bertz CT molecular complexity index is 380. The number of hydroxylamine groups is 1. The van der Waals surface area contributed by atoms with Crippen molar-refractivity contribution >= 4 is 17.3 Å². The molecule has 0 aromatic heterocycles. The summed E-state index contributed by atoms with van der Waals surface area (Å²) in [6.45, 7) is 1.68. The fourth-order valence-corrected chi connectivity index (χ4v) is 1.64. The van der Waals surface area contributed by atoms with Crippen LogP contribution in [0, 0.1) is 0 Å². The van der Waals surface area contributed by atoms with Crippen LogP contribution in [-0.4, -0.2) is 26.9 Å². The highest BCUT2D eigenvalue weighted by atomic mass is 35.5. The number of nitrogens with one attached hydrogen (secondary N) is 1. The predicted molar refractivity (Wildman–Crippen MR) is 78.7 cm³/mol. The second-order valence-electron chi connectivity index (χ2n) is 4.00. The maximum Gasteiger partial charge on any atom is 0.0868 e. The van der Waals surface area contributed by atoms with Crippen LogP contribution in [0.5, 0.6) is 0 Å². The Labute approximate surface area is 119 Å². The van der Waals surface area contributed by atoms with Gasteiger partial charge in [-0.15, -0.1) is 0 Å². The van der Waals surface area contributed by atoms with Gasteiger partial charge in [0.15, 0.2) is 0 Å². The molecule has 0 radical (unpaired) electrons. The summed E-state index contributed by atoms with van der Waals surface area (Å²) >= 11 is 5.88. The van der Waals surface area contributed by atoms with Gasteiger partial charge in [-0.25, -0.2) is 0 Å². The van der Waals surface area contributed by atoms with Crippen molar-refractivity contribution in [2.45, 2.75) is 12.8 Å². The monoisotopic (exact) mass is 284 g/mol. The molecule has 0 fully saturated rings. The van der Waals surface area contributed by atoms with E-state index in [0.717, 1.165) is 30.7 Å². The highest BCUT2D eigenvalue weighted by molar-refractivity contribution is 6.30. The number of rotatable bonds is 9. The lowest BCUT2D eigenvalue weighted by Crippen LogP contribution is -2.18. The number of benzene rings is 1. The average Bonchev–Trinajstić information content (AvgIpc) is 2.43. The third-order valence-corrected chi connectivity index (χ3v) is 2.71. The molecule has 1 aromatic carbocycles. The van der Waals surface area contributed by atoms with E-state index in [-0.39, 0.29) is 0 Å². The van der Waals surface area contributed by atoms with Crippen molar-refractivity contribution in [1.29, 1.82) is 0 Å². The van der Waals surface area contributed by atoms with Gasteiger partial charge in [0.05, 0.1) is 12.3 Å². The normalized spacial score (nSPS) is 11.6. The molecule has 0 aliphatic heterocycles. The minimum atomic E-state index is 0.461. The fraction of sp³-hybridized carbons (Fsp3) is 0.429. The number of nitrogens with two attached hydrogens (primary N) is 1. The zero-order valence-electron chi connectivity index (χ0n) is 11.2. The van der Waals surface area contributed by atoms with Crippen LogP contribution in [0.3, 0.4) is 0 Å². The summed E-state index contributed by atoms with van der Waals surface area (Å²) in [4.78, 5) is 5.28. The summed E-state index contributed by atoms with van der Waals surface area (Å²) in [5.74, 6) is 0. The van der Waals surface area contributed by atoms with Crippen molar-refractivity contribution in [2.24, 2.45) is 5.73 Å². The van der Waals surface area contributed by atoms with Gasteiger partial charge in [0.1, 0.15) is 0 Å². The molecule has 19 heavy (non-hydrogen) atoms. The quantitative estimate of drug-likeness (QED) is 0.541. The van der Waals surface area contributed by atoms with Crippen LogP contribution in [0.2, 0.25) is 5.02 Å². The molecule has 106 valence electrons. The first-order chi connectivity index (χ1) is 9.27. The molecule has 0 amide bonds. The number of halogens is 1. The van der Waals surface area contributed by atoms with Gasteiger partial charge >= 0.3 is 0 Å². The average molecular weight is 285 g/mol. The maximum absolute atomic E-state index is 5.88. The van der Waals surface area contributed by atoms with Gasteiger partial charge in [-0.3, -0.25) is 10.3 Å². The first-order valence-electron chi connectivity index (χ1n) is 6.31. The molecule has 0 bridgehead atoms. The van der Waals surface area contributed by atoms with Crippen LogP contribution in [0.4, 0.5) is 0 Å². The molecular weight excluding hydrogens is 264 g/mol. The molecule has 0 atom stereocenters. The molecule has 0 saturated heterocycles. The van der Waals surface area contributed by atoms with Crippen molar-refractivity contribution in [2.75, 3.05) is 26.9 Å². The zero-order chi connectivity index (χ0) is 13.9. The molecule has 1 rings (SSSR count). The van der Waals surface area contributed by atoms with Crippen molar-refractivity contribution < 1.29 is 9.57 Å². The Balaban J connectivity index is 2.64. The maximum atomic E-state index is 5.88. The number of hydrogen-bond acceptors (Lipinski definition) is 4. The second-order valence-corrected chi connectivity index (χ2v) is 4.44. The molecule has 0 unspecified atom stereocenters. The molecule has 0 heterocycles. The Morgan fingerprint density at radius 1 is 1.32 bits per heavy atom. The van der Waals surface area contributed by atoms with Gasteiger partial charge in [0.2, 0.25) is 0 Å². The van der Waals surface area contributed by atoms with Crippen molar-refractivity contribution in [1.82, 2.24) is 5.48 Å². The topological polar surface area (TPSA) is 56.5 Å². The lowest BCUT2D eigenvalue weighted by molar-refractivity contribution is 0.0847. The number of methoxy groups -OCH3 is 1. The summed E-state index contributed by atoms with van der Waals surface area (Å²) in [6.07, 6.45) is 3.95. The largest absolute Gasteiger partial charge is 0.385 e. The Hall–Kier alpha value is -1.07. The van der Waals surface area contributed by atoms with E-state index in [1.54, 1.807) is 7.11 Å². The Kier molecular flexibility index (Phi) is 8.25. The van der Waals surface area contributed by atoms with Crippen LogP contribution < -0.4 is 11.2 Å². The number of ether oxygens (including phenoxy) is 1. The summed E-state index contributed by atoms with van der Waals surface area (Å²) in [7, 11) is 1.70. The minimum absolute atomic E-state index is 0.461. The van der Waals surface area contributed by atoms with Crippen molar-refractivity contribution in [3.8, 4) is 0 Å². The Morgan fingerprint density at radius 3 is 2.68 bits per heavy atom. The summed E-state index contributed by atoms with van der Waals surface area (Å²) in [5.41, 5.74) is 10.3. The standard InChI is InChI=1S/C14H21ClN2O2/c1-18-10-3-2-4-14(17-19-11-9-16)12-5-7-13(15)8-6-12/h4-8,17H,2-3,9-11,16H2,1H3. The van der Waals surface area contributed by atoms with E-state index in [9.17, 15) is 0 Å². The molecular formula is C14H21ClN2O2. The van der Waals surface area contributed by atoms with E-state index in [1.165, 1.54) is 0 Å². The lowest BCUT2D eigenvalue weighted by atomic mass is 10.1. The van der Waals surface area contributed by atoms with Crippen molar-refractivity contribution in [3.63, 3.8) is 0 Å². The number of hydrogen-bond donors (Lipinski definition) is 2. The van der Waals surface area contributed by atoms with Gasteiger partial charge in [-0.1, -0.05) is 29.8 Å². The van der Waals surface area contributed by atoms with Crippen LogP contribution in [0.15, 0.2) is 30.3 Å². The van der Waals surface area contributed by atoms with Gasteiger partial charge in [-0.05, 0) is 30.5 Å². The lowest BCUT2D eigenvalue weighted by Gasteiger charge is -2.11. The molecule has 5 heteroatoms. The molecule has 0 spiro atoms. The number of allylic oxidation sites excluding steroid dienone is 1. The predicted octanol–water partition coefficient (Wildman–Crippen LogP) is 2.59. The van der Waals surface area contributed by atoms with Crippen LogP contribution >= 0.6 is 11.6 Å². The summed E-state index contributed by atoms with van der Waals surface area (Å²) < 4.78 is 5.03. The second kappa shape index (κ2) is 9.81. The van der Waals surface area contributed by atoms with Gasteiger partial charge in [0.25, 0.3) is 0 Å². The third-order valence-electron chi connectivity index (χ3n) is 2.46. The van der Waals surface area contributed by atoms with E-state index in [1.807, 2.05) is 24.3 Å². The molecule has 3 N–H and O–H groups in total. The van der Waals surface area contributed by atoms with E-state index < -0.39 is 0 Å². The molecule has 1 aromatic rings. The van der Waals surface area contributed by atoms with Crippen LogP contribution in [-0.2, 0) is 9.57 Å². The van der Waals surface area contributed by atoms with Crippen LogP contribution in [0.25, 0.3) is 5.70 Å². The minimum Gasteiger partial charge on any atom is -0.385 e. The van der Waals surface area contributed by atoms with Gasteiger partial charge < -0.3 is 10.5 Å². The highest BCUT2D eigenvalue weighted by Crippen LogP contribution is 2.16. The number of unbranched alkanes of at least 4 members (excludes halogenated alkanes) is 1.